The van der Waals surface area contributed by atoms with Crippen LogP contribution >= 0.6 is 11.3 Å². The number of hydrogen-bond acceptors (Lipinski definition) is 5. The van der Waals surface area contributed by atoms with Crippen LogP contribution in [0.25, 0.3) is 16.2 Å². The van der Waals surface area contributed by atoms with E-state index in [1.54, 1.807) is 11.3 Å². The van der Waals surface area contributed by atoms with E-state index in [9.17, 15) is 4.79 Å². The van der Waals surface area contributed by atoms with Gasteiger partial charge in [-0.15, -0.1) is 11.3 Å². The molecule has 0 aliphatic carbocycles. The third-order valence-electron chi connectivity index (χ3n) is 4.36. The minimum absolute atomic E-state index is 0.0795. The van der Waals surface area contributed by atoms with Gasteiger partial charge < -0.3 is 14.8 Å². The Hall–Kier alpha value is -3.32. The fraction of sp³-hybridized carbons (Fsp3) is 0.100. The van der Waals surface area contributed by atoms with Crippen LogP contribution in [0.3, 0.4) is 0 Å². The second kappa shape index (κ2) is 6.44. The number of hydrogen-bond donors (Lipinski definition) is 1. The Morgan fingerprint density at radius 1 is 1.15 bits per heavy atom. The molecule has 134 valence electrons. The van der Waals surface area contributed by atoms with Crippen molar-refractivity contribution < 1.29 is 14.3 Å². The van der Waals surface area contributed by atoms with E-state index >= 15 is 0 Å². The van der Waals surface area contributed by atoms with Crippen LogP contribution in [0, 0.1) is 0 Å². The normalized spacial score (nSPS) is 12.4. The molecular weight excluding hydrogens is 362 g/mol. The fourth-order valence-electron chi connectivity index (χ4n) is 3.03. The first-order valence-corrected chi connectivity index (χ1v) is 9.33. The Bertz CT molecular complexity index is 1100. The summed E-state index contributed by atoms with van der Waals surface area (Å²) in [6.45, 7) is 0.228. The van der Waals surface area contributed by atoms with Gasteiger partial charge in [0, 0.05) is 29.0 Å². The molecule has 6 nitrogen and oxygen atoms in total. The highest BCUT2D eigenvalue weighted by Gasteiger charge is 2.14. The van der Waals surface area contributed by atoms with E-state index in [1.165, 1.54) is 0 Å². The van der Waals surface area contributed by atoms with Crippen LogP contribution in [-0.4, -0.2) is 22.1 Å². The van der Waals surface area contributed by atoms with E-state index in [0.29, 0.717) is 11.5 Å². The monoisotopic (exact) mass is 377 g/mol. The molecule has 2 aromatic heterocycles. The van der Waals surface area contributed by atoms with Gasteiger partial charge in [0.1, 0.15) is 0 Å². The molecule has 1 aliphatic heterocycles. The van der Waals surface area contributed by atoms with Crippen molar-refractivity contribution in [1.29, 1.82) is 0 Å². The predicted molar refractivity (Wildman–Crippen MR) is 103 cm³/mol. The molecule has 4 aromatic rings. The van der Waals surface area contributed by atoms with Crippen LogP contribution in [0.2, 0.25) is 0 Å². The minimum Gasteiger partial charge on any atom is -0.454 e. The van der Waals surface area contributed by atoms with E-state index in [-0.39, 0.29) is 19.1 Å². The molecule has 3 heterocycles. The van der Waals surface area contributed by atoms with Gasteiger partial charge in [-0.25, -0.2) is 4.98 Å². The number of anilines is 1. The lowest BCUT2D eigenvalue weighted by atomic mass is 10.1. The first kappa shape index (κ1) is 15.9. The second-order valence-electron chi connectivity index (χ2n) is 6.21. The highest BCUT2D eigenvalue weighted by molar-refractivity contribution is 7.15. The van der Waals surface area contributed by atoms with Crippen LogP contribution < -0.4 is 14.8 Å². The molecule has 0 radical (unpaired) electrons. The largest absolute Gasteiger partial charge is 0.454 e. The highest BCUT2D eigenvalue weighted by Crippen LogP contribution is 2.32. The number of fused-ring (bicyclic) bond motifs is 2. The molecule has 5 rings (SSSR count). The molecule has 2 aromatic carbocycles. The number of amides is 1. The van der Waals surface area contributed by atoms with Gasteiger partial charge in [-0.05, 0) is 29.8 Å². The molecule has 1 N–H and O–H groups in total. The number of imidazole rings is 1. The Balaban J connectivity index is 1.26. The van der Waals surface area contributed by atoms with Crippen molar-refractivity contribution in [3.05, 3.63) is 65.8 Å². The van der Waals surface area contributed by atoms with Crippen LogP contribution in [-0.2, 0) is 11.2 Å². The predicted octanol–water partition coefficient (Wildman–Crippen LogP) is 3.97. The van der Waals surface area contributed by atoms with E-state index in [2.05, 4.69) is 10.3 Å². The quantitative estimate of drug-likeness (QED) is 0.584. The second-order valence-corrected chi connectivity index (χ2v) is 7.08. The molecule has 0 fully saturated rings. The summed E-state index contributed by atoms with van der Waals surface area (Å²) in [6, 6.07) is 13.2. The molecular formula is C20H15N3O3S. The zero-order chi connectivity index (χ0) is 18.2. The average molecular weight is 377 g/mol. The summed E-state index contributed by atoms with van der Waals surface area (Å²) in [7, 11) is 0. The van der Waals surface area contributed by atoms with Crippen molar-refractivity contribution in [3.8, 4) is 22.8 Å². The number of nitrogens with zero attached hydrogens (tertiary/aromatic N) is 2. The van der Waals surface area contributed by atoms with Crippen molar-refractivity contribution in [2.24, 2.45) is 0 Å². The summed E-state index contributed by atoms with van der Waals surface area (Å²) in [5, 5.41) is 4.93. The fourth-order valence-corrected chi connectivity index (χ4v) is 3.73. The molecule has 0 unspecified atom stereocenters. The zero-order valence-corrected chi connectivity index (χ0v) is 15.0. The Labute approximate surface area is 159 Å². The van der Waals surface area contributed by atoms with Crippen LogP contribution in [0.15, 0.2) is 60.2 Å². The van der Waals surface area contributed by atoms with E-state index < -0.39 is 0 Å². The number of ether oxygens (including phenoxy) is 2. The summed E-state index contributed by atoms with van der Waals surface area (Å²) in [5.74, 6) is 1.32. The van der Waals surface area contributed by atoms with Crippen molar-refractivity contribution in [1.82, 2.24) is 9.38 Å². The first-order chi connectivity index (χ1) is 13.2. The lowest BCUT2D eigenvalue weighted by Gasteiger charge is -2.07. The first-order valence-electron chi connectivity index (χ1n) is 8.46. The maximum atomic E-state index is 12.3. The summed E-state index contributed by atoms with van der Waals surface area (Å²) >= 11 is 1.60. The van der Waals surface area contributed by atoms with Crippen LogP contribution in [0.5, 0.6) is 11.5 Å². The van der Waals surface area contributed by atoms with Crippen molar-refractivity contribution in [2.45, 2.75) is 6.42 Å². The SMILES string of the molecule is O=C(Cc1ccc2c(c1)OCO2)Nc1ccc(-c2cn3ccsc3n2)cc1. The molecule has 0 saturated heterocycles. The molecule has 0 spiro atoms. The molecule has 1 amide bonds. The zero-order valence-electron chi connectivity index (χ0n) is 14.2. The maximum absolute atomic E-state index is 12.3. The van der Waals surface area contributed by atoms with Gasteiger partial charge in [0.25, 0.3) is 0 Å². The number of benzene rings is 2. The molecule has 1 aliphatic rings. The summed E-state index contributed by atoms with van der Waals surface area (Å²) in [4.78, 5) is 17.9. The highest BCUT2D eigenvalue weighted by atomic mass is 32.1. The van der Waals surface area contributed by atoms with Crippen molar-refractivity contribution in [2.75, 3.05) is 12.1 Å². The van der Waals surface area contributed by atoms with Gasteiger partial charge in [0.15, 0.2) is 16.5 Å². The topological polar surface area (TPSA) is 64.9 Å². The van der Waals surface area contributed by atoms with Gasteiger partial charge in [0.05, 0.1) is 12.1 Å². The van der Waals surface area contributed by atoms with Crippen molar-refractivity contribution >= 4 is 27.9 Å². The number of thiazole rings is 1. The molecule has 0 saturated carbocycles. The number of carbonyl (C=O) groups excluding carboxylic acids is 1. The third-order valence-corrected chi connectivity index (χ3v) is 5.13. The van der Waals surface area contributed by atoms with Gasteiger partial charge in [-0.1, -0.05) is 18.2 Å². The van der Waals surface area contributed by atoms with Gasteiger partial charge in [0.2, 0.25) is 12.7 Å². The van der Waals surface area contributed by atoms with Crippen LogP contribution in [0.4, 0.5) is 5.69 Å². The Morgan fingerprint density at radius 3 is 2.85 bits per heavy atom. The molecule has 0 atom stereocenters. The third kappa shape index (κ3) is 3.13. The Morgan fingerprint density at radius 2 is 2.00 bits per heavy atom. The smallest absolute Gasteiger partial charge is 0.231 e. The summed E-state index contributed by atoms with van der Waals surface area (Å²) in [5.41, 5.74) is 3.57. The molecule has 7 heteroatoms. The van der Waals surface area contributed by atoms with Gasteiger partial charge >= 0.3 is 0 Å². The lowest BCUT2D eigenvalue weighted by Crippen LogP contribution is -2.14. The summed E-state index contributed by atoms with van der Waals surface area (Å²) in [6.07, 6.45) is 4.26. The maximum Gasteiger partial charge on any atom is 0.231 e. The van der Waals surface area contributed by atoms with Crippen molar-refractivity contribution in [3.63, 3.8) is 0 Å². The van der Waals surface area contributed by atoms with E-state index in [4.69, 9.17) is 9.47 Å². The van der Waals surface area contributed by atoms with E-state index in [1.807, 2.05) is 64.6 Å². The Kier molecular flexibility index (Phi) is 3.79. The lowest BCUT2D eigenvalue weighted by molar-refractivity contribution is -0.115. The van der Waals surface area contributed by atoms with Gasteiger partial charge in [-0.3, -0.25) is 9.20 Å². The van der Waals surface area contributed by atoms with E-state index in [0.717, 1.165) is 27.5 Å². The minimum atomic E-state index is -0.0795. The average Bonchev–Trinajstić information content (AvgIpc) is 3.37. The number of rotatable bonds is 4. The van der Waals surface area contributed by atoms with Crippen LogP contribution in [0.1, 0.15) is 5.56 Å². The number of carbonyl (C=O) groups is 1. The molecule has 27 heavy (non-hydrogen) atoms. The van der Waals surface area contributed by atoms with Gasteiger partial charge in [-0.2, -0.15) is 0 Å². The standard InChI is InChI=1S/C20H15N3O3S/c24-19(10-13-1-6-17-18(9-13)26-12-25-17)21-15-4-2-14(3-5-15)16-11-23-7-8-27-20(23)22-16/h1-9,11H,10,12H2,(H,21,24). The molecule has 0 bridgehead atoms. The summed E-state index contributed by atoms with van der Waals surface area (Å²) < 4.78 is 12.6. The number of nitrogens with one attached hydrogen (secondary N) is 1. The number of aromatic nitrogens is 2.